The Kier molecular flexibility index (Phi) is 6.72. The second-order valence-electron chi connectivity index (χ2n) is 12.0. The Morgan fingerprint density at radius 2 is 1.84 bits per heavy atom. The molecule has 0 saturated heterocycles. The zero-order valence-corrected chi connectivity index (χ0v) is 23.1. The number of esters is 1. The van der Waals surface area contributed by atoms with E-state index in [1.54, 1.807) is 12.7 Å². The molecular weight excluding hydrogens is 462 g/mol. The number of hydrogen-bond acceptors (Lipinski definition) is 5. The Morgan fingerprint density at radius 1 is 1.11 bits per heavy atom. The summed E-state index contributed by atoms with van der Waals surface area (Å²) >= 11 is 0. The topological polar surface area (TPSA) is 55.8 Å². The number of ketones is 1. The van der Waals surface area contributed by atoms with Crippen LogP contribution in [0.3, 0.4) is 0 Å². The molecule has 5 rings (SSSR count). The van der Waals surface area contributed by atoms with Crippen molar-refractivity contribution in [2.45, 2.75) is 70.3 Å². The van der Waals surface area contributed by atoms with Crippen LogP contribution in [-0.4, -0.2) is 45.2 Å². The SMILES string of the molecule is C=C1C=C2CCC3C(=C2CC1)C(c1ccc(N(C)C)cc1)C[C@@]1(C)C3CC[C@]1(OC(C)=O)C(=O)COC. The van der Waals surface area contributed by atoms with Crippen molar-refractivity contribution in [3.63, 3.8) is 0 Å². The van der Waals surface area contributed by atoms with Crippen LogP contribution < -0.4 is 4.90 Å². The number of nitrogens with zero attached hydrogens (tertiary/aromatic N) is 1. The Hall–Kier alpha value is -2.66. The number of benzene rings is 1. The normalized spacial score (nSPS) is 32.7. The van der Waals surface area contributed by atoms with Crippen molar-refractivity contribution in [2.24, 2.45) is 17.3 Å². The van der Waals surface area contributed by atoms with E-state index in [9.17, 15) is 9.59 Å². The molecule has 4 aliphatic carbocycles. The van der Waals surface area contributed by atoms with Gasteiger partial charge in [0.1, 0.15) is 6.61 Å². The molecule has 0 amide bonds. The van der Waals surface area contributed by atoms with Crippen LogP contribution in [0, 0.1) is 17.3 Å². The summed E-state index contributed by atoms with van der Waals surface area (Å²) in [5, 5.41) is 0. The van der Waals surface area contributed by atoms with Crippen molar-refractivity contribution in [1.29, 1.82) is 0 Å². The smallest absolute Gasteiger partial charge is 0.303 e. The number of Topliss-reactive ketones (excluding diaryl/α,β-unsaturated/α-hetero) is 1. The molecule has 0 bridgehead atoms. The molecule has 2 fully saturated rings. The van der Waals surface area contributed by atoms with Gasteiger partial charge in [0.2, 0.25) is 5.78 Å². The van der Waals surface area contributed by atoms with Gasteiger partial charge in [-0.3, -0.25) is 9.59 Å². The van der Waals surface area contributed by atoms with Gasteiger partial charge in [0.25, 0.3) is 0 Å². The fourth-order valence-electron chi connectivity index (χ4n) is 8.22. The lowest BCUT2D eigenvalue weighted by atomic mass is 9.50. The first kappa shape index (κ1) is 26.0. The molecule has 5 atom stereocenters. The minimum absolute atomic E-state index is 0.0363. The molecule has 5 nitrogen and oxygen atoms in total. The van der Waals surface area contributed by atoms with Gasteiger partial charge in [-0.25, -0.2) is 0 Å². The molecule has 0 N–H and O–H groups in total. The van der Waals surface area contributed by atoms with Gasteiger partial charge in [-0.2, -0.15) is 0 Å². The van der Waals surface area contributed by atoms with E-state index in [4.69, 9.17) is 9.47 Å². The first-order chi connectivity index (χ1) is 17.6. The number of rotatable bonds is 6. The minimum Gasteiger partial charge on any atom is -0.451 e. The summed E-state index contributed by atoms with van der Waals surface area (Å²) < 4.78 is 11.4. The van der Waals surface area contributed by atoms with Gasteiger partial charge in [0, 0.05) is 45.1 Å². The maximum absolute atomic E-state index is 13.7. The number of anilines is 1. The number of carbonyl (C=O) groups excluding carboxylic acids is 2. The zero-order valence-electron chi connectivity index (χ0n) is 23.1. The van der Waals surface area contributed by atoms with Crippen LogP contribution in [0.4, 0.5) is 5.69 Å². The lowest BCUT2D eigenvalue weighted by Crippen LogP contribution is -2.58. The molecule has 198 valence electrons. The predicted molar refractivity (Wildman–Crippen MR) is 147 cm³/mol. The van der Waals surface area contributed by atoms with Crippen molar-refractivity contribution in [3.8, 4) is 0 Å². The number of hydrogen-bond donors (Lipinski definition) is 0. The Labute approximate surface area is 221 Å². The first-order valence-electron chi connectivity index (χ1n) is 13.7. The molecule has 2 saturated carbocycles. The average Bonchev–Trinajstić information content (AvgIpc) is 3.15. The summed E-state index contributed by atoms with van der Waals surface area (Å²) in [6.07, 6.45) is 8.73. The second kappa shape index (κ2) is 9.58. The number of ether oxygens (including phenoxy) is 2. The third kappa shape index (κ3) is 4.10. The van der Waals surface area contributed by atoms with Gasteiger partial charge in [-0.05, 0) is 85.6 Å². The van der Waals surface area contributed by atoms with E-state index in [2.05, 4.69) is 62.8 Å². The molecule has 0 heterocycles. The predicted octanol–water partition coefficient (Wildman–Crippen LogP) is 6.16. The minimum atomic E-state index is -1.14. The molecule has 37 heavy (non-hydrogen) atoms. The van der Waals surface area contributed by atoms with Crippen LogP contribution in [0.2, 0.25) is 0 Å². The van der Waals surface area contributed by atoms with Gasteiger partial charge < -0.3 is 14.4 Å². The van der Waals surface area contributed by atoms with E-state index < -0.39 is 11.0 Å². The highest BCUT2D eigenvalue weighted by molar-refractivity contribution is 5.92. The van der Waals surface area contributed by atoms with E-state index in [1.165, 1.54) is 34.9 Å². The van der Waals surface area contributed by atoms with Crippen LogP contribution in [0.25, 0.3) is 0 Å². The molecule has 3 unspecified atom stereocenters. The summed E-state index contributed by atoms with van der Waals surface area (Å²) in [5.41, 5.74) is 6.63. The van der Waals surface area contributed by atoms with E-state index in [1.807, 2.05) is 0 Å². The summed E-state index contributed by atoms with van der Waals surface area (Å²) in [6, 6.07) is 8.90. The van der Waals surface area contributed by atoms with Crippen molar-refractivity contribution in [3.05, 3.63) is 64.8 Å². The van der Waals surface area contributed by atoms with E-state index in [-0.39, 0.29) is 24.3 Å². The second-order valence-corrected chi connectivity index (χ2v) is 12.0. The lowest BCUT2D eigenvalue weighted by Gasteiger charge is -2.55. The highest BCUT2D eigenvalue weighted by Gasteiger charge is 2.68. The maximum atomic E-state index is 13.7. The van der Waals surface area contributed by atoms with Crippen LogP contribution in [-0.2, 0) is 19.1 Å². The third-order valence-corrected chi connectivity index (χ3v) is 9.83. The van der Waals surface area contributed by atoms with Crippen molar-refractivity contribution in [2.75, 3.05) is 32.7 Å². The van der Waals surface area contributed by atoms with Crippen LogP contribution in [0.5, 0.6) is 0 Å². The summed E-state index contributed by atoms with van der Waals surface area (Å²) in [7, 11) is 5.66. The van der Waals surface area contributed by atoms with E-state index in [0.29, 0.717) is 18.3 Å². The summed E-state index contributed by atoms with van der Waals surface area (Å²) in [5.74, 6) is 0.360. The molecule has 0 spiro atoms. The fourth-order valence-corrected chi connectivity index (χ4v) is 8.22. The van der Waals surface area contributed by atoms with Gasteiger partial charge in [0.15, 0.2) is 5.60 Å². The molecule has 5 heteroatoms. The Balaban J connectivity index is 1.68. The Morgan fingerprint density at radius 3 is 2.49 bits per heavy atom. The molecular formula is C32H41NO4. The van der Waals surface area contributed by atoms with Crippen LogP contribution in [0.15, 0.2) is 59.2 Å². The first-order valence-corrected chi connectivity index (χ1v) is 13.7. The van der Waals surface area contributed by atoms with Gasteiger partial charge in [0.05, 0.1) is 0 Å². The van der Waals surface area contributed by atoms with Crippen molar-refractivity contribution in [1.82, 2.24) is 0 Å². The van der Waals surface area contributed by atoms with E-state index >= 15 is 0 Å². The standard InChI is InChI=1S/C32H41NO4/c1-20-7-13-25-23(17-20)10-14-26-28-15-16-32(37-21(2)34,29(35)19-36-6)31(28,3)18-27(30(25)26)22-8-11-24(12-9-22)33(4)5/h8-9,11-12,17,26-28H,1,7,10,13-16,18-19H2,2-6H3/t26?,27?,28?,31-,32-/m0/s1. The average molecular weight is 504 g/mol. The fraction of sp³-hybridized carbons (Fsp3) is 0.562. The number of carbonyl (C=O) groups is 2. The summed E-state index contributed by atoms with van der Waals surface area (Å²) in [4.78, 5) is 28.3. The highest BCUT2D eigenvalue weighted by Crippen LogP contribution is 2.68. The summed E-state index contributed by atoms with van der Waals surface area (Å²) in [6.45, 7) is 7.87. The number of methoxy groups -OCH3 is 1. The monoisotopic (exact) mass is 503 g/mol. The maximum Gasteiger partial charge on any atom is 0.303 e. The highest BCUT2D eigenvalue weighted by atomic mass is 16.6. The van der Waals surface area contributed by atoms with Crippen molar-refractivity contribution < 1.29 is 19.1 Å². The Bertz CT molecular complexity index is 1180. The number of fused-ring (bicyclic) bond motifs is 4. The largest absolute Gasteiger partial charge is 0.451 e. The van der Waals surface area contributed by atoms with Crippen molar-refractivity contribution >= 4 is 17.4 Å². The van der Waals surface area contributed by atoms with Crippen LogP contribution >= 0.6 is 0 Å². The molecule has 1 aromatic carbocycles. The molecule has 0 radical (unpaired) electrons. The molecule has 1 aromatic rings. The van der Waals surface area contributed by atoms with E-state index in [0.717, 1.165) is 38.5 Å². The number of allylic oxidation sites excluding steroid dienone is 5. The third-order valence-electron chi connectivity index (χ3n) is 9.83. The molecule has 0 aromatic heterocycles. The zero-order chi connectivity index (χ0) is 26.5. The van der Waals surface area contributed by atoms with Crippen LogP contribution in [0.1, 0.15) is 70.3 Å². The van der Waals surface area contributed by atoms with Gasteiger partial charge in [-0.15, -0.1) is 0 Å². The lowest BCUT2D eigenvalue weighted by molar-refractivity contribution is -0.185. The molecule has 4 aliphatic rings. The van der Waals surface area contributed by atoms with Gasteiger partial charge >= 0.3 is 5.97 Å². The van der Waals surface area contributed by atoms with Gasteiger partial charge in [-0.1, -0.05) is 42.9 Å². The molecule has 0 aliphatic heterocycles. The quantitative estimate of drug-likeness (QED) is 0.436.